The molecule has 0 bridgehead atoms. The Balaban J connectivity index is 2.40. The summed E-state index contributed by atoms with van der Waals surface area (Å²) < 4.78 is 0.482. The lowest BCUT2D eigenvalue weighted by atomic mass is 10.1. The van der Waals surface area contributed by atoms with Crippen LogP contribution >= 0.6 is 15.9 Å². The predicted octanol–water partition coefficient (Wildman–Crippen LogP) is 1.38. The van der Waals surface area contributed by atoms with Crippen LogP contribution in [0.2, 0.25) is 0 Å². The van der Waals surface area contributed by atoms with Crippen LogP contribution < -0.4 is 15.7 Å². The summed E-state index contributed by atoms with van der Waals surface area (Å²) >= 11 is 3.23. The van der Waals surface area contributed by atoms with Gasteiger partial charge in [0.1, 0.15) is 5.70 Å². The number of nitro groups is 1. The number of rotatable bonds is 7. The quantitative estimate of drug-likeness (QED) is 0.363. The molecule has 0 aliphatic heterocycles. The third-order valence-corrected chi connectivity index (χ3v) is 4.40. The molecule has 0 saturated carbocycles. The van der Waals surface area contributed by atoms with Crippen LogP contribution in [0.3, 0.4) is 0 Å². The normalized spacial score (nSPS) is 12.0. The van der Waals surface area contributed by atoms with Crippen molar-refractivity contribution >= 4 is 45.5 Å². The largest absolute Gasteiger partial charge is 0.548 e. The van der Waals surface area contributed by atoms with Crippen molar-refractivity contribution in [3.05, 3.63) is 79.9 Å². The lowest BCUT2D eigenvalue weighted by molar-refractivity contribution is -0.384. The number of hydrogen-bond acceptors (Lipinski definition) is 6. The highest BCUT2D eigenvalue weighted by Gasteiger charge is 2.18. The summed E-state index contributed by atoms with van der Waals surface area (Å²) in [6.45, 7) is 1.20. The van der Waals surface area contributed by atoms with E-state index in [4.69, 9.17) is 0 Å². The number of carbonyl (C=O) groups excluding carboxylic acids is 3. The van der Waals surface area contributed by atoms with Gasteiger partial charge in [-0.2, -0.15) is 0 Å². The van der Waals surface area contributed by atoms with Crippen LogP contribution in [0.25, 0.3) is 6.08 Å². The highest BCUT2D eigenvalue weighted by Crippen LogP contribution is 2.18. The van der Waals surface area contributed by atoms with Crippen LogP contribution in [0.4, 0.5) is 5.69 Å². The van der Waals surface area contributed by atoms with E-state index in [1.807, 2.05) is 0 Å². The van der Waals surface area contributed by atoms with E-state index in [-0.39, 0.29) is 22.5 Å². The van der Waals surface area contributed by atoms with E-state index in [9.17, 15) is 29.6 Å². The molecule has 2 N–H and O–H groups in total. The zero-order valence-corrected chi connectivity index (χ0v) is 16.6. The van der Waals surface area contributed by atoms with Gasteiger partial charge in [0.2, 0.25) is 0 Å². The minimum Gasteiger partial charge on any atom is -0.548 e. The van der Waals surface area contributed by atoms with Gasteiger partial charge in [-0.15, -0.1) is 0 Å². The monoisotopic (exact) mass is 460 g/mol. The number of amides is 2. The van der Waals surface area contributed by atoms with Gasteiger partial charge < -0.3 is 20.5 Å². The maximum atomic E-state index is 12.6. The Kier molecular flexibility index (Phi) is 7.21. The minimum atomic E-state index is -1.51. The van der Waals surface area contributed by atoms with Crippen LogP contribution in [-0.4, -0.2) is 28.7 Å². The number of nitrogens with zero attached hydrogens (tertiary/aromatic N) is 1. The fraction of sp³-hybridized carbons (Fsp3) is 0.105. The molecule has 2 aromatic carbocycles. The third-order valence-electron chi connectivity index (χ3n) is 3.70. The van der Waals surface area contributed by atoms with Crippen LogP contribution in [0.5, 0.6) is 0 Å². The number of carbonyl (C=O) groups is 3. The second kappa shape index (κ2) is 9.60. The van der Waals surface area contributed by atoms with Crippen molar-refractivity contribution in [2.45, 2.75) is 13.0 Å². The number of carboxylic acid groups (broad SMARTS) is 1. The van der Waals surface area contributed by atoms with E-state index in [1.54, 1.807) is 18.2 Å². The predicted molar refractivity (Wildman–Crippen MR) is 105 cm³/mol. The number of hydrogen-bond donors (Lipinski definition) is 2. The molecule has 29 heavy (non-hydrogen) atoms. The van der Waals surface area contributed by atoms with E-state index < -0.39 is 28.7 Å². The molecule has 2 amide bonds. The summed E-state index contributed by atoms with van der Waals surface area (Å²) in [6.07, 6.45) is 1.21. The first-order valence-corrected chi connectivity index (χ1v) is 9.02. The molecule has 2 aromatic rings. The van der Waals surface area contributed by atoms with Gasteiger partial charge in [-0.1, -0.05) is 24.3 Å². The molecule has 0 spiro atoms. The molecule has 0 aliphatic carbocycles. The second-order valence-electron chi connectivity index (χ2n) is 5.86. The fourth-order valence-electron chi connectivity index (χ4n) is 2.22. The molecule has 0 heterocycles. The average Bonchev–Trinajstić information content (AvgIpc) is 2.67. The Morgan fingerprint density at radius 3 is 2.45 bits per heavy atom. The van der Waals surface area contributed by atoms with Crippen LogP contribution in [-0.2, 0) is 9.59 Å². The molecule has 0 aliphatic rings. The minimum absolute atomic E-state index is 0.209. The van der Waals surface area contributed by atoms with E-state index in [2.05, 4.69) is 26.6 Å². The summed E-state index contributed by atoms with van der Waals surface area (Å²) in [5.41, 5.74) is -0.00540. The van der Waals surface area contributed by atoms with Gasteiger partial charge in [0.25, 0.3) is 17.5 Å². The Bertz CT molecular complexity index is 1000. The molecule has 150 valence electrons. The van der Waals surface area contributed by atoms with Gasteiger partial charge in [-0.3, -0.25) is 19.7 Å². The van der Waals surface area contributed by atoms with Gasteiger partial charge in [-0.25, -0.2) is 0 Å². The molecule has 10 heteroatoms. The summed E-state index contributed by atoms with van der Waals surface area (Å²) in [5.74, 6) is -3.04. The molecule has 0 fully saturated rings. The molecule has 0 saturated heterocycles. The second-order valence-corrected chi connectivity index (χ2v) is 6.71. The molecule has 0 radical (unpaired) electrons. The Hall–Kier alpha value is -3.53. The topological polar surface area (TPSA) is 141 Å². The van der Waals surface area contributed by atoms with E-state index in [0.717, 1.165) is 0 Å². The molecule has 1 atom stereocenters. The number of carboxylic acids is 1. The summed E-state index contributed by atoms with van der Waals surface area (Å²) in [7, 11) is 0. The highest BCUT2D eigenvalue weighted by molar-refractivity contribution is 9.10. The number of nitrogens with one attached hydrogen (secondary N) is 2. The molecule has 2 rings (SSSR count). The van der Waals surface area contributed by atoms with Gasteiger partial charge in [0, 0.05) is 16.6 Å². The van der Waals surface area contributed by atoms with Crippen LogP contribution in [0.1, 0.15) is 22.8 Å². The van der Waals surface area contributed by atoms with E-state index in [0.29, 0.717) is 4.47 Å². The van der Waals surface area contributed by atoms with Crippen molar-refractivity contribution in [2.75, 3.05) is 0 Å². The zero-order valence-electron chi connectivity index (χ0n) is 15.0. The van der Waals surface area contributed by atoms with Gasteiger partial charge in [-0.05, 0) is 46.6 Å². The van der Waals surface area contributed by atoms with Gasteiger partial charge in [0.05, 0.1) is 22.5 Å². The standard InChI is InChI=1S/C19H16BrN3O6/c1-11(19(26)27)21-18(25)16(10-12-5-4-6-13(9-12)23(28)29)22-17(24)14-7-2-3-8-15(14)20/h2-11H,1H3,(H,21,25)(H,22,24)(H,26,27)/p-1/b16-10-/t11-/m1/s1. The van der Waals surface area contributed by atoms with E-state index >= 15 is 0 Å². The fourth-order valence-corrected chi connectivity index (χ4v) is 2.69. The summed E-state index contributed by atoms with van der Waals surface area (Å²) in [6, 6.07) is 10.6. The van der Waals surface area contributed by atoms with Crippen molar-refractivity contribution in [3.8, 4) is 0 Å². The van der Waals surface area contributed by atoms with Crippen LogP contribution in [0.15, 0.2) is 58.7 Å². The first kappa shape index (κ1) is 21.8. The molecular formula is C19H15BrN3O6-. The van der Waals surface area contributed by atoms with Gasteiger partial charge >= 0.3 is 0 Å². The van der Waals surface area contributed by atoms with Crippen molar-refractivity contribution in [1.29, 1.82) is 0 Å². The van der Waals surface area contributed by atoms with Crippen molar-refractivity contribution < 1.29 is 24.4 Å². The lowest BCUT2D eigenvalue weighted by Crippen LogP contribution is -2.48. The summed E-state index contributed by atoms with van der Waals surface area (Å²) in [5, 5.41) is 26.5. The number of halogens is 1. The number of aliphatic carboxylic acids is 1. The third kappa shape index (κ3) is 5.98. The SMILES string of the molecule is C[C@@H](NC(=O)/C(=C/c1cccc([N+](=O)[O-])c1)NC(=O)c1ccccc1Br)C(=O)[O-]. The van der Waals surface area contributed by atoms with Crippen molar-refractivity contribution in [1.82, 2.24) is 10.6 Å². The Morgan fingerprint density at radius 1 is 1.14 bits per heavy atom. The lowest BCUT2D eigenvalue weighted by Gasteiger charge is -2.17. The molecule has 0 aromatic heterocycles. The highest BCUT2D eigenvalue weighted by atomic mass is 79.9. The maximum Gasteiger partial charge on any atom is 0.270 e. The Morgan fingerprint density at radius 2 is 1.83 bits per heavy atom. The van der Waals surface area contributed by atoms with Crippen LogP contribution in [0, 0.1) is 10.1 Å². The van der Waals surface area contributed by atoms with Gasteiger partial charge in [0.15, 0.2) is 0 Å². The number of nitro benzene ring substituents is 1. The van der Waals surface area contributed by atoms with Crippen molar-refractivity contribution in [2.24, 2.45) is 0 Å². The summed E-state index contributed by atoms with van der Waals surface area (Å²) in [4.78, 5) is 46.3. The molecular weight excluding hydrogens is 446 g/mol. The van der Waals surface area contributed by atoms with E-state index in [1.165, 1.54) is 43.3 Å². The Labute approximate surface area is 173 Å². The number of non-ortho nitro benzene ring substituents is 1. The van der Waals surface area contributed by atoms with Crippen molar-refractivity contribution in [3.63, 3.8) is 0 Å². The first-order valence-electron chi connectivity index (χ1n) is 8.23. The average molecular weight is 461 g/mol. The zero-order chi connectivity index (χ0) is 21.6. The number of benzene rings is 2. The smallest absolute Gasteiger partial charge is 0.270 e. The maximum absolute atomic E-state index is 12.6. The molecule has 9 nitrogen and oxygen atoms in total. The first-order chi connectivity index (χ1) is 13.7. The molecule has 0 unspecified atom stereocenters.